The monoisotopic (exact) mass is 295 g/mol. The first-order valence-corrected chi connectivity index (χ1v) is 7.54. The summed E-state index contributed by atoms with van der Waals surface area (Å²) in [5, 5.41) is 7.11. The van der Waals surface area contributed by atoms with Gasteiger partial charge in [-0.05, 0) is 24.1 Å². The maximum absolute atomic E-state index is 12.1. The summed E-state index contributed by atoms with van der Waals surface area (Å²) in [4.78, 5) is 14.3. The molecule has 0 aromatic heterocycles. The SMILES string of the molecule is CCC(NC(=O)CN1CCNCC1)c1ccc(Cl)cc1. The standard InChI is InChI=1S/C15H22ClN3O/c1-2-14(12-3-5-13(16)6-4-12)18-15(20)11-19-9-7-17-8-10-19/h3-6,14,17H,2,7-11H2,1H3,(H,18,20). The number of nitrogens with zero attached hydrogens (tertiary/aromatic N) is 1. The Morgan fingerprint density at radius 1 is 1.35 bits per heavy atom. The first-order chi connectivity index (χ1) is 9.69. The number of carbonyl (C=O) groups is 1. The van der Waals surface area contributed by atoms with E-state index >= 15 is 0 Å². The molecular weight excluding hydrogens is 274 g/mol. The Hall–Kier alpha value is -1.10. The van der Waals surface area contributed by atoms with Crippen molar-refractivity contribution >= 4 is 17.5 Å². The zero-order valence-corrected chi connectivity index (χ0v) is 12.6. The fourth-order valence-electron chi connectivity index (χ4n) is 2.43. The number of nitrogens with one attached hydrogen (secondary N) is 2. The van der Waals surface area contributed by atoms with Crippen molar-refractivity contribution in [3.63, 3.8) is 0 Å². The third-order valence-corrected chi connectivity index (χ3v) is 3.84. The molecule has 1 heterocycles. The molecule has 0 saturated carbocycles. The van der Waals surface area contributed by atoms with Gasteiger partial charge in [-0.25, -0.2) is 0 Å². The Morgan fingerprint density at radius 2 is 2.00 bits per heavy atom. The smallest absolute Gasteiger partial charge is 0.234 e. The van der Waals surface area contributed by atoms with Gasteiger partial charge in [0.05, 0.1) is 12.6 Å². The molecule has 1 saturated heterocycles. The lowest BCUT2D eigenvalue weighted by Gasteiger charge is -2.27. The van der Waals surface area contributed by atoms with Gasteiger partial charge in [0.1, 0.15) is 0 Å². The third kappa shape index (κ3) is 4.47. The Labute approximate surface area is 125 Å². The van der Waals surface area contributed by atoms with Gasteiger partial charge in [-0.15, -0.1) is 0 Å². The maximum Gasteiger partial charge on any atom is 0.234 e. The Morgan fingerprint density at radius 3 is 2.60 bits per heavy atom. The van der Waals surface area contributed by atoms with Gasteiger partial charge < -0.3 is 10.6 Å². The molecular formula is C15H22ClN3O. The van der Waals surface area contributed by atoms with Crippen molar-refractivity contribution in [1.82, 2.24) is 15.5 Å². The molecule has 5 heteroatoms. The van der Waals surface area contributed by atoms with Crippen molar-refractivity contribution in [1.29, 1.82) is 0 Å². The fraction of sp³-hybridized carbons (Fsp3) is 0.533. The van der Waals surface area contributed by atoms with Gasteiger partial charge in [0.2, 0.25) is 5.91 Å². The van der Waals surface area contributed by atoms with Crippen LogP contribution in [0.5, 0.6) is 0 Å². The van der Waals surface area contributed by atoms with E-state index in [-0.39, 0.29) is 11.9 Å². The van der Waals surface area contributed by atoms with Crippen molar-refractivity contribution in [2.75, 3.05) is 32.7 Å². The highest BCUT2D eigenvalue weighted by Gasteiger charge is 2.16. The van der Waals surface area contributed by atoms with Gasteiger partial charge in [-0.1, -0.05) is 30.7 Å². The second kappa shape index (κ2) is 7.62. The minimum atomic E-state index is 0.0580. The van der Waals surface area contributed by atoms with E-state index in [0.29, 0.717) is 6.54 Å². The molecule has 1 unspecified atom stereocenters. The highest BCUT2D eigenvalue weighted by Crippen LogP contribution is 2.19. The van der Waals surface area contributed by atoms with E-state index in [1.807, 2.05) is 24.3 Å². The highest BCUT2D eigenvalue weighted by atomic mass is 35.5. The predicted molar refractivity (Wildman–Crippen MR) is 81.9 cm³/mol. The number of piperazine rings is 1. The molecule has 4 nitrogen and oxygen atoms in total. The topological polar surface area (TPSA) is 44.4 Å². The second-order valence-electron chi connectivity index (χ2n) is 5.11. The third-order valence-electron chi connectivity index (χ3n) is 3.59. The normalized spacial score (nSPS) is 17.7. The number of halogens is 1. The molecule has 110 valence electrons. The first-order valence-electron chi connectivity index (χ1n) is 7.17. The van der Waals surface area contributed by atoms with Gasteiger partial charge >= 0.3 is 0 Å². The minimum Gasteiger partial charge on any atom is -0.348 e. The number of carbonyl (C=O) groups excluding carboxylic acids is 1. The first kappa shape index (κ1) is 15.3. The highest BCUT2D eigenvalue weighted by molar-refractivity contribution is 6.30. The van der Waals surface area contributed by atoms with Crippen molar-refractivity contribution in [3.05, 3.63) is 34.9 Å². The van der Waals surface area contributed by atoms with Gasteiger partial charge in [0.15, 0.2) is 0 Å². The molecule has 1 aliphatic rings. The van der Waals surface area contributed by atoms with Crippen LogP contribution in [0.15, 0.2) is 24.3 Å². The van der Waals surface area contributed by atoms with Gasteiger partial charge in [0.25, 0.3) is 0 Å². The van der Waals surface area contributed by atoms with E-state index in [0.717, 1.165) is 43.2 Å². The van der Waals surface area contributed by atoms with Gasteiger partial charge in [-0.3, -0.25) is 9.69 Å². The van der Waals surface area contributed by atoms with Crippen LogP contribution >= 0.6 is 11.6 Å². The lowest BCUT2D eigenvalue weighted by molar-refractivity contribution is -0.123. The molecule has 1 atom stereocenters. The van der Waals surface area contributed by atoms with Crippen molar-refractivity contribution in [2.45, 2.75) is 19.4 Å². The van der Waals surface area contributed by atoms with E-state index in [1.54, 1.807) is 0 Å². The average molecular weight is 296 g/mol. The van der Waals surface area contributed by atoms with Crippen LogP contribution in [0.4, 0.5) is 0 Å². The summed E-state index contributed by atoms with van der Waals surface area (Å²) >= 11 is 5.89. The molecule has 1 aromatic rings. The molecule has 20 heavy (non-hydrogen) atoms. The van der Waals surface area contributed by atoms with Crippen LogP contribution in [0.3, 0.4) is 0 Å². The van der Waals surface area contributed by atoms with Crippen LogP contribution in [0.2, 0.25) is 5.02 Å². The van der Waals surface area contributed by atoms with Crippen LogP contribution < -0.4 is 10.6 Å². The lowest BCUT2D eigenvalue weighted by Crippen LogP contribution is -2.47. The number of hydrogen-bond acceptors (Lipinski definition) is 3. The molecule has 2 N–H and O–H groups in total. The molecule has 1 amide bonds. The van der Waals surface area contributed by atoms with Crippen LogP contribution in [0.1, 0.15) is 24.9 Å². The van der Waals surface area contributed by atoms with Crippen molar-refractivity contribution in [3.8, 4) is 0 Å². The quantitative estimate of drug-likeness (QED) is 0.871. The molecule has 0 bridgehead atoms. The van der Waals surface area contributed by atoms with Crippen LogP contribution in [0.25, 0.3) is 0 Å². The Bertz CT molecular complexity index is 429. The van der Waals surface area contributed by atoms with Crippen LogP contribution in [0, 0.1) is 0 Å². The molecule has 0 radical (unpaired) electrons. The predicted octanol–water partition coefficient (Wildman–Crippen LogP) is 1.81. The summed E-state index contributed by atoms with van der Waals surface area (Å²) in [7, 11) is 0. The van der Waals surface area contributed by atoms with E-state index in [1.165, 1.54) is 0 Å². The van der Waals surface area contributed by atoms with Crippen LogP contribution in [-0.2, 0) is 4.79 Å². The summed E-state index contributed by atoms with van der Waals surface area (Å²) in [5.41, 5.74) is 1.10. The number of benzene rings is 1. The fourth-order valence-corrected chi connectivity index (χ4v) is 2.55. The summed E-state index contributed by atoms with van der Waals surface area (Å²) < 4.78 is 0. The van der Waals surface area contributed by atoms with Crippen molar-refractivity contribution in [2.24, 2.45) is 0 Å². The number of amides is 1. The summed E-state index contributed by atoms with van der Waals surface area (Å²) in [5.74, 6) is 0.0914. The minimum absolute atomic E-state index is 0.0580. The van der Waals surface area contributed by atoms with Gasteiger partial charge in [-0.2, -0.15) is 0 Å². The van der Waals surface area contributed by atoms with E-state index in [4.69, 9.17) is 11.6 Å². The Kier molecular flexibility index (Phi) is 5.83. The van der Waals surface area contributed by atoms with E-state index < -0.39 is 0 Å². The molecule has 0 aliphatic carbocycles. The summed E-state index contributed by atoms with van der Waals surface area (Å²) in [6.45, 7) is 6.34. The molecule has 1 aliphatic heterocycles. The van der Waals surface area contributed by atoms with Gasteiger partial charge in [0, 0.05) is 31.2 Å². The lowest BCUT2D eigenvalue weighted by atomic mass is 10.0. The summed E-state index contributed by atoms with van der Waals surface area (Å²) in [6.07, 6.45) is 0.870. The number of hydrogen-bond donors (Lipinski definition) is 2. The maximum atomic E-state index is 12.1. The zero-order chi connectivity index (χ0) is 14.4. The average Bonchev–Trinajstić information content (AvgIpc) is 2.47. The number of rotatable bonds is 5. The molecule has 2 rings (SSSR count). The zero-order valence-electron chi connectivity index (χ0n) is 11.9. The molecule has 1 fully saturated rings. The van der Waals surface area contributed by atoms with Crippen LogP contribution in [-0.4, -0.2) is 43.5 Å². The largest absolute Gasteiger partial charge is 0.348 e. The van der Waals surface area contributed by atoms with E-state index in [9.17, 15) is 4.79 Å². The molecule has 0 spiro atoms. The second-order valence-corrected chi connectivity index (χ2v) is 5.54. The molecule has 1 aromatic carbocycles. The summed E-state index contributed by atoms with van der Waals surface area (Å²) in [6, 6.07) is 7.73. The van der Waals surface area contributed by atoms with E-state index in [2.05, 4.69) is 22.5 Å². The Balaban J connectivity index is 1.88. The van der Waals surface area contributed by atoms with Crippen molar-refractivity contribution < 1.29 is 4.79 Å².